The summed E-state index contributed by atoms with van der Waals surface area (Å²) in [6.07, 6.45) is 2.86. The molecule has 0 aromatic heterocycles. The fourth-order valence-electron chi connectivity index (χ4n) is 0.812. The fraction of sp³-hybridized carbons (Fsp3) is 0.111. The molecular formula is C9H7BrFO. The van der Waals surface area contributed by atoms with E-state index in [0.29, 0.717) is 10.0 Å². The molecule has 1 radical (unpaired) electrons. The largest absolute Gasteiger partial charge is 0.232 e. The summed E-state index contributed by atoms with van der Waals surface area (Å²) < 4.78 is 13.7. The molecule has 0 aliphatic rings. The molecule has 0 fully saturated rings. The van der Waals surface area contributed by atoms with Gasteiger partial charge in [-0.1, -0.05) is 34.1 Å². The van der Waals surface area contributed by atoms with Crippen LogP contribution in [0.3, 0.4) is 0 Å². The lowest BCUT2D eigenvalue weighted by Crippen LogP contribution is -1.81. The molecule has 0 saturated heterocycles. The van der Waals surface area contributed by atoms with E-state index in [1.165, 1.54) is 18.2 Å². The van der Waals surface area contributed by atoms with Crippen LogP contribution in [0.25, 0.3) is 6.08 Å². The zero-order valence-electron chi connectivity index (χ0n) is 6.26. The van der Waals surface area contributed by atoms with Crippen LogP contribution in [0, 0.1) is 5.82 Å². The van der Waals surface area contributed by atoms with Crippen molar-refractivity contribution in [2.75, 3.05) is 6.61 Å². The molecule has 1 aromatic rings. The van der Waals surface area contributed by atoms with E-state index in [0.717, 1.165) is 0 Å². The highest BCUT2D eigenvalue weighted by Crippen LogP contribution is 2.15. The number of hydrogen-bond donors (Lipinski definition) is 0. The van der Waals surface area contributed by atoms with Gasteiger partial charge in [-0.15, -0.1) is 0 Å². The van der Waals surface area contributed by atoms with Crippen LogP contribution < -0.4 is 0 Å². The summed E-state index contributed by atoms with van der Waals surface area (Å²) in [7, 11) is 0. The molecular weight excluding hydrogens is 223 g/mol. The lowest BCUT2D eigenvalue weighted by Gasteiger charge is -1.96. The van der Waals surface area contributed by atoms with Crippen molar-refractivity contribution in [2.45, 2.75) is 0 Å². The minimum atomic E-state index is -0.325. The Morgan fingerprint density at radius 3 is 2.83 bits per heavy atom. The van der Waals surface area contributed by atoms with E-state index >= 15 is 0 Å². The van der Waals surface area contributed by atoms with Gasteiger partial charge in [-0.05, 0) is 12.1 Å². The average Bonchev–Trinajstić information content (AvgIpc) is 2.03. The topological polar surface area (TPSA) is 19.9 Å². The van der Waals surface area contributed by atoms with Crippen molar-refractivity contribution in [1.29, 1.82) is 0 Å². The second kappa shape index (κ2) is 4.38. The van der Waals surface area contributed by atoms with Crippen LogP contribution in [-0.4, -0.2) is 6.61 Å². The smallest absolute Gasteiger partial charge is 0.131 e. The van der Waals surface area contributed by atoms with E-state index < -0.39 is 0 Å². The van der Waals surface area contributed by atoms with Crippen molar-refractivity contribution in [2.24, 2.45) is 0 Å². The van der Waals surface area contributed by atoms with Crippen molar-refractivity contribution in [1.82, 2.24) is 0 Å². The van der Waals surface area contributed by atoms with E-state index in [2.05, 4.69) is 15.9 Å². The highest BCUT2D eigenvalue weighted by atomic mass is 79.9. The van der Waals surface area contributed by atoms with Crippen LogP contribution in [-0.2, 0) is 5.11 Å². The first-order valence-electron chi connectivity index (χ1n) is 3.43. The van der Waals surface area contributed by atoms with Gasteiger partial charge in [0.15, 0.2) is 0 Å². The molecule has 0 bridgehead atoms. The van der Waals surface area contributed by atoms with Gasteiger partial charge in [0.2, 0.25) is 0 Å². The number of rotatable bonds is 2. The molecule has 63 valence electrons. The summed E-state index contributed by atoms with van der Waals surface area (Å²) in [5.74, 6) is -0.325. The van der Waals surface area contributed by atoms with Gasteiger partial charge in [-0.25, -0.2) is 9.50 Å². The Bertz CT molecular complexity index is 297. The quantitative estimate of drug-likeness (QED) is 0.744. The second-order valence-electron chi connectivity index (χ2n) is 2.23. The van der Waals surface area contributed by atoms with Crippen molar-refractivity contribution in [3.8, 4) is 0 Å². The Balaban J connectivity index is 2.94. The van der Waals surface area contributed by atoms with Gasteiger partial charge < -0.3 is 0 Å². The molecule has 0 spiro atoms. The third kappa shape index (κ3) is 2.43. The first kappa shape index (κ1) is 9.42. The van der Waals surface area contributed by atoms with Gasteiger partial charge in [0.1, 0.15) is 12.4 Å². The number of benzene rings is 1. The molecule has 0 N–H and O–H groups in total. The zero-order valence-corrected chi connectivity index (χ0v) is 7.84. The average molecular weight is 230 g/mol. The van der Waals surface area contributed by atoms with E-state index in [1.54, 1.807) is 12.1 Å². The van der Waals surface area contributed by atoms with Crippen LogP contribution in [0.4, 0.5) is 4.39 Å². The van der Waals surface area contributed by atoms with E-state index in [-0.39, 0.29) is 12.4 Å². The number of halogens is 2. The van der Waals surface area contributed by atoms with Crippen molar-refractivity contribution in [3.05, 3.63) is 40.1 Å². The second-order valence-corrected chi connectivity index (χ2v) is 3.15. The first-order chi connectivity index (χ1) is 5.74. The minimum Gasteiger partial charge on any atom is -0.232 e. The summed E-state index contributed by atoms with van der Waals surface area (Å²) in [6, 6.07) is 4.71. The van der Waals surface area contributed by atoms with Gasteiger partial charge in [0.05, 0.1) is 0 Å². The Morgan fingerprint density at radius 1 is 1.50 bits per heavy atom. The molecule has 0 amide bonds. The van der Waals surface area contributed by atoms with Gasteiger partial charge in [0.25, 0.3) is 0 Å². The molecule has 0 saturated carbocycles. The van der Waals surface area contributed by atoms with Crippen LogP contribution in [0.5, 0.6) is 0 Å². The molecule has 0 aliphatic heterocycles. The molecule has 0 atom stereocenters. The Labute approximate surface area is 78.7 Å². The van der Waals surface area contributed by atoms with Gasteiger partial charge in [-0.2, -0.15) is 0 Å². The maximum atomic E-state index is 13.0. The van der Waals surface area contributed by atoms with E-state index in [1.807, 2.05) is 0 Å². The van der Waals surface area contributed by atoms with Crippen LogP contribution in [0.2, 0.25) is 0 Å². The molecule has 1 rings (SSSR count). The summed E-state index contributed by atoms with van der Waals surface area (Å²) in [6.45, 7) is -0.324. The molecule has 1 aromatic carbocycles. The monoisotopic (exact) mass is 229 g/mol. The minimum absolute atomic E-state index is 0.324. The molecule has 0 heterocycles. The maximum absolute atomic E-state index is 13.0. The fourth-order valence-corrected chi connectivity index (χ4v) is 1.14. The van der Waals surface area contributed by atoms with Crippen molar-refractivity contribution >= 4 is 22.0 Å². The zero-order chi connectivity index (χ0) is 8.97. The van der Waals surface area contributed by atoms with Crippen molar-refractivity contribution in [3.63, 3.8) is 0 Å². The predicted molar refractivity (Wildman–Crippen MR) is 48.7 cm³/mol. The number of hydrogen-bond acceptors (Lipinski definition) is 0. The third-order valence-electron chi connectivity index (χ3n) is 1.36. The van der Waals surface area contributed by atoms with E-state index in [4.69, 9.17) is 0 Å². The van der Waals surface area contributed by atoms with Crippen LogP contribution >= 0.6 is 15.9 Å². The standard InChI is InChI=1S/C9H7BrFO/c10-8-4-3-7(2-1-5-12)9(11)6-8/h1-4,6H,5H2/b2-1+. The highest BCUT2D eigenvalue weighted by molar-refractivity contribution is 9.10. The molecule has 1 nitrogen and oxygen atoms in total. The summed E-state index contributed by atoms with van der Waals surface area (Å²) >= 11 is 3.14. The predicted octanol–water partition coefficient (Wildman–Crippen LogP) is 3.03. The van der Waals surface area contributed by atoms with E-state index in [9.17, 15) is 9.50 Å². The lowest BCUT2D eigenvalue weighted by molar-refractivity contribution is 0.233. The summed E-state index contributed by atoms with van der Waals surface area (Å²) in [4.78, 5) is 0. The lowest BCUT2D eigenvalue weighted by atomic mass is 10.2. The van der Waals surface area contributed by atoms with Crippen LogP contribution in [0.15, 0.2) is 28.7 Å². The van der Waals surface area contributed by atoms with Gasteiger partial charge in [-0.3, -0.25) is 0 Å². The van der Waals surface area contributed by atoms with Gasteiger partial charge >= 0.3 is 0 Å². The first-order valence-corrected chi connectivity index (χ1v) is 4.23. The van der Waals surface area contributed by atoms with Crippen molar-refractivity contribution < 1.29 is 9.50 Å². The molecule has 12 heavy (non-hydrogen) atoms. The summed E-state index contributed by atoms with van der Waals surface area (Å²) in [5.41, 5.74) is 0.439. The molecule has 0 aliphatic carbocycles. The Hall–Kier alpha value is -0.670. The Morgan fingerprint density at radius 2 is 2.25 bits per heavy atom. The molecule has 3 heteroatoms. The highest BCUT2D eigenvalue weighted by Gasteiger charge is 1.97. The maximum Gasteiger partial charge on any atom is 0.131 e. The van der Waals surface area contributed by atoms with Gasteiger partial charge in [0, 0.05) is 10.0 Å². The Kier molecular flexibility index (Phi) is 3.44. The third-order valence-corrected chi connectivity index (χ3v) is 1.85. The molecule has 0 unspecified atom stereocenters. The summed E-state index contributed by atoms with van der Waals surface area (Å²) in [5, 5.41) is 10.1. The normalized spacial score (nSPS) is 10.9. The van der Waals surface area contributed by atoms with Crippen LogP contribution in [0.1, 0.15) is 5.56 Å². The SMILES string of the molecule is [O]C/C=C/c1ccc(Br)cc1F.